The number of esters is 1. The van der Waals surface area contributed by atoms with Crippen molar-refractivity contribution in [3.63, 3.8) is 0 Å². The van der Waals surface area contributed by atoms with E-state index < -0.39 is 6.04 Å². The summed E-state index contributed by atoms with van der Waals surface area (Å²) in [4.78, 5) is 23.7. The van der Waals surface area contributed by atoms with Crippen LogP contribution in [0.2, 0.25) is 0 Å². The summed E-state index contributed by atoms with van der Waals surface area (Å²) in [6, 6.07) is 9.09. The average Bonchev–Trinajstić information content (AvgIpc) is 3.01. The molecule has 0 fully saturated rings. The number of amides is 1. The van der Waals surface area contributed by atoms with E-state index in [4.69, 9.17) is 4.74 Å². The van der Waals surface area contributed by atoms with E-state index in [1.165, 1.54) is 18.4 Å². The molecule has 1 heterocycles. The van der Waals surface area contributed by atoms with Gasteiger partial charge in [-0.1, -0.05) is 29.8 Å². The number of ether oxygens (including phenoxy) is 1. The molecule has 1 amide bonds. The van der Waals surface area contributed by atoms with Crippen LogP contribution in [0, 0.1) is 6.92 Å². The molecule has 0 radical (unpaired) electrons. The predicted octanol–water partition coefficient (Wildman–Crippen LogP) is 3.09. The molecule has 0 saturated heterocycles. The molecular formula is C16H17NO3S. The van der Waals surface area contributed by atoms with Crippen molar-refractivity contribution >= 4 is 23.2 Å². The van der Waals surface area contributed by atoms with E-state index in [9.17, 15) is 9.59 Å². The Hall–Kier alpha value is -2.14. The van der Waals surface area contributed by atoms with Crippen LogP contribution in [0.3, 0.4) is 0 Å². The van der Waals surface area contributed by atoms with Crippen molar-refractivity contribution in [2.24, 2.45) is 0 Å². The van der Waals surface area contributed by atoms with E-state index in [1.807, 2.05) is 36.6 Å². The fraction of sp³-hybridized carbons (Fsp3) is 0.250. The van der Waals surface area contributed by atoms with E-state index in [1.54, 1.807) is 11.4 Å². The van der Waals surface area contributed by atoms with Gasteiger partial charge in [-0.05, 0) is 23.9 Å². The number of rotatable bonds is 5. The van der Waals surface area contributed by atoms with Crippen LogP contribution in [-0.4, -0.2) is 19.0 Å². The maximum Gasteiger partial charge on any atom is 0.307 e. The summed E-state index contributed by atoms with van der Waals surface area (Å²) in [6.07, 6.45) is 0.107. The Morgan fingerprint density at radius 3 is 2.52 bits per heavy atom. The number of benzene rings is 1. The first-order chi connectivity index (χ1) is 10.1. The van der Waals surface area contributed by atoms with E-state index in [2.05, 4.69) is 5.32 Å². The smallest absolute Gasteiger partial charge is 0.307 e. The third kappa shape index (κ3) is 4.16. The molecule has 0 bridgehead atoms. The maximum atomic E-state index is 12.2. The van der Waals surface area contributed by atoms with Gasteiger partial charge in [-0.25, -0.2) is 0 Å². The molecule has 2 rings (SSSR count). The molecule has 0 spiro atoms. The van der Waals surface area contributed by atoms with Crippen molar-refractivity contribution in [3.8, 4) is 0 Å². The first kappa shape index (κ1) is 15.3. The van der Waals surface area contributed by atoms with Crippen LogP contribution in [0.1, 0.15) is 33.9 Å². The van der Waals surface area contributed by atoms with Gasteiger partial charge in [0.1, 0.15) is 0 Å². The predicted molar refractivity (Wildman–Crippen MR) is 82.3 cm³/mol. The minimum Gasteiger partial charge on any atom is -0.469 e. The number of nitrogens with one attached hydrogen (secondary N) is 1. The van der Waals surface area contributed by atoms with Gasteiger partial charge in [0.25, 0.3) is 5.91 Å². The van der Waals surface area contributed by atoms with Gasteiger partial charge in [0.2, 0.25) is 0 Å². The topological polar surface area (TPSA) is 55.4 Å². The van der Waals surface area contributed by atoms with Crippen LogP contribution in [0.5, 0.6) is 0 Å². The highest BCUT2D eigenvalue weighted by Gasteiger charge is 2.19. The van der Waals surface area contributed by atoms with Gasteiger partial charge in [-0.15, -0.1) is 0 Å². The number of hydrogen-bond acceptors (Lipinski definition) is 4. The van der Waals surface area contributed by atoms with Crippen molar-refractivity contribution in [2.45, 2.75) is 19.4 Å². The molecule has 1 aromatic heterocycles. The molecule has 0 aliphatic rings. The fourth-order valence-corrected chi connectivity index (χ4v) is 2.57. The van der Waals surface area contributed by atoms with Crippen molar-refractivity contribution < 1.29 is 14.3 Å². The summed E-state index contributed by atoms with van der Waals surface area (Å²) in [5, 5.41) is 6.51. The Morgan fingerprint density at radius 1 is 1.24 bits per heavy atom. The second-order valence-corrected chi connectivity index (χ2v) is 5.51. The molecule has 0 aliphatic carbocycles. The van der Waals surface area contributed by atoms with Crippen LogP contribution in [0.25, 0.3) is 0 Å². The van der Waals surface area contributed by atoms with Crippen LogP contribution in [0.15, 0.2) is 41.1 Å². The number of carbonyl (C=O) groups excluding carboxylic acids is 2. The highest BCUT2D eigenvalue weighted by Crippen LogP contribution is 2.19. The lowest BCUT2D eigenvalue weighted by molar-refractivity contribution is -0.141. The lowest BCUT2D eigenvalue weighted by Crippen LogP contribution is -2.30. The maximum absolute atomic E-state index is 12.2. The summed E-state index contributed by atoms with van der Waals surface area (Å²) < 4.78 is 4.71. The van der Waals surface area contributed by atoms with Crippen molar-refractivity contribution in [3.05, 3.63) is 57.8 Å². The van der Waals surface area contributed by atoms with Crippen LogP contribution < -0.4 is 5.32 Å². The Balaban J connectivity index is 2.17. The number of hydrogen-bond donors (Lipinski definition) is 1. The van der Waals surface area contributed by atoms with Gasteiger partial charge in [0.05, 0.1) is 25.1 Å². The third-order valence-corrected chi connectivity index (χ3v) is 3.85. The van der Waals surface area contributed by atoms with Crippen LogP contribution in [-0.2, 0) is 9.53 Å². The van der Waals surface area contributed by atoms with Crippen LogP contribution in [0.4, 0.5) is 0 Å². The van der Waals surface area contributed by atoms with Crippen molar-refractivity contribution in [1.82, 2.24) is 5.32 Å². The highest BCUT2D eigenvalue weighted by atomic mass is 32.1. The molecule has 0 unspecified atom stereocenters. The molecule has 21 heavy (non-hydrogen) atoms. The quantitative estimate of drug-likeness (QED) is 0.864. The molecule has 1 atom stereocenters. The van der Waals surface area contributed by atoms with Crippen molar-refractivity contribution in [2.75, 3.05) is 7.11 Å². The molecule has 110 valence electrons. The average molecular weight is 303 g/mol. The Bertz CT molecular complexity index is 605. The normalized spacial score (nSPS) is 11.7. The molecule has 0 saturated carbocycles. The zero-order valence-electron chi connectivity index (χ0n) is 12.0. The first-order valence-electron chi connectivity index (χ1n) is 6.56. The Morgan fingerprint density at radius 2 is 1.95 bits per heavy atom. The van der Waals surface area contributed by atoms with Crippen molar-refractivity contribution in [1.29, 1.82) is 0 Å². The van der Waals surface area contributed by atoms with E-state index in [-0.39, 0.29) is 18.3 Å². The zero-order valence-corrected chi connectivity index (χ0v) is 12.8. The third-order valence-electron chi connectivity index (χ3n) is 3.17. The molecule has 0 aliphatic heterocycles. The largest absolute Gasteiger partial charge is 0.469 e. The monoisotopic (exact) mass is 303 g/mol. The molecule has 2 aromatic rings. The van der Waals surface area contributed by atoms with Gasteiger partial charge in [0, 0.05) is 5.38 Å². The summed E-state index contributed by atoms with van der Waals surface area (Å²) in [5.74, 6) is -0.545. The van der Waals surface area contributed by atoms with E-state index >= 15 is 0 Å². The fourth-order valence-electron chi connectivity index (χ4n) is 1.94. The molecule has 5 heteroatoms. The summed E-state index contributed by atoms with van der Waals surface area (Å²) >= 11 is 1.46. The Kier molecular flexibility index (Phi) is 5.11. The SMILES string of the molecule is COC(=O)C[C@H](NC(=O)c1ccsc1)c1ccc(C)cc1. The number of methoxy groups -OCH3 is 1. The van der Waals surface area contributed by atoms with Gasteiger partial charge in [-0.2, -0.15) is 11.3 Å². The minimum atomic E-state index is -0.398. The lowest BCUT2D eigenvalue weighted by Gasteiger charge is -2.18. The van der Waals surface area contributed by atoms with Gasteiger partial charge in [0.15, 0.2) is 0 Å². The lowest BCUT2D eigenvalue weighted by atomic mass is 10.0. The standard InChI is InChI=1S/C16H17NO3S/c1-11-3-5-12(6-4-11)14(9-15(18)20-2)17-16(19)13-7-8-21-10-13/h3-8,10,14H,9H2,1-2H3,(H,17,19)/t14-/m0/s1. The van der Waals surface area contributed by atoms with Gasteiger partial charge in [-0.3, -0.25) is 9.59 Å². The van der Waals surface area contributed by atoms with E-state index in [0.717, 1.165) is 11.1 Å². The Labute approximate surface area is 127 Å². The number of thiophene rings is 1. The van der Waals surface area contributed by atoms with Gasteiger partial charge >= 0.3 is 5.97 Å². The second-order valence-electron chi connectivity index (χ2n) is 4.73. The van der Waals surface area contributed by atoms with E-state index in [0.29, 0.717) is 5.56 Å². The minimum absolute atomic E-state index is 0.107. The zero-order chi connectivity index (χ0) is 15.2. The summed E-state index contributed by atoms with van der Waals surface area (Å²) in [6.45, 7) is 1.99. The highest BCUT2D eigenvalue weighted by molar-refractivity contribution is 7.08. The first-order valence-corrected chi connectivity index (χ1v) is 7.51. The van der Waals surface area contributed by atoms with Crippen LogP contribution >= 0.6 is 11.3 Å². The molecule has 1 aromatic carbocycles. The molecular weight excluding hydrogens is 286 g/mol. The number of carbonyl (C=O) groups is 2. The molecule has 4 nitrogen and oxygen atoms in total. The molecule has 1 N–H and O–H groups in total. The number of aryl methyl sites for hydroxylation is 1. The summed E-state index contributed by atoms with van der Waals surface area (Å²) in [7, 11) is 1.34. The summed E-state index contributed by atoms with van der Waals surface area (Å²) in [5.41, 5.74) is 2.61. The van der Waals surface area contributed by atoms with Gasteiger partial charge < -0.3 is 10.1 Å². The second kappa shape index (κ2) is 7.04.